The van der Waals surface area contributed by atoms with Crippen LogP contribution in [0.1, 0.15) is 72.1 Å². The van der Waals surface area contributed by atoms with Gasteiger partial charge in [-0.05, 0) is 78.4 Å². The van der Waals surface area contributed by atoms with Gasteiger partial charge < -0.3 is 15.3 Å². The molecule has 0 amide bonds. The first-order chi connectivity index (χ1) is 10.7. The van der Waals surface area contributed by atoms with E-state index in [1.54, 1.807) is 0 Å². The molecule has 8 atom stereocenters. The molecule has 1 spiro atoms. The molecule has 4 aliphatic rings. The van der Waals surface area contributed by atoms with Gasteiger partial charge in [0, 0.05) is 6.61 Å². The molecule has 3 heteroatoms. The Labute approximate surface area is 140 Å². The summed E-state index contributed by atoms with van der Waals surface area (Å²) in [4.78, 5) is 0. The van der Waals surface area contributed by atoms with Crippen LogP contribution < -0.4 is 0 Å². The van der Waals surface area contributed by atoms with Gasteiger partial charge in [0.25, 0.3) is 0 Å². The minimum atomic E-state index is -0.328. The van der Waals surface area contributed by atoms with Crippen molar-refractivity contribution in [2.24, 2.45) is 33.5 Å². The molecule has 0 aromatic carbocycles. The van der Waals surface area contributed by atoms with E-state index >= 15 is 0 Å². The summed E-state index contributed by atoms with van der Waals surface area (Å²) < 4.78 is 0. The Morgan fingerprint density at radius 3 is 2.39 bits per heavy atom. The predicted molar refractivity (Wildman–Crippen MR) is 89.8 cm³/mol. The lowest BCUT2D eigenvalue weighted by Gasteiger charge is -2.68. The van der Waals surface area contributed by atoms with Gasteiger partial charge in [0.2, 0.25) is 0 Å². The Kier molecular flexibility index (Phi) is 3.37. The number of aliphatic hydroxyl groups excluding tert-OH is 3. The van der Waals surface area contributed by atoms with Gasteiger partial charge in [-0.25, -0.2) is 0 Å². The zero-order chi connectivity index (χ0) is 16.7. The van der Waals surface area contributed by atoms with Crippen molar-refractivity contribution in [2.75, 3.05) is 6.61 Å². The van der Waals surface area contributed by atoms with E-state index in [4.69, 9.17) is 0 Å². The van der Waals surface area contributed by atoms with Gasteiger partial charge in [0.05, 0.1) is 12.2 Å². The van der Waals surface area contributed by atoms with Gasteiger partial charge in [0.15, 0.2) is 0 Å². The fourth-order valence-corrected chi connectivity index (χ4v) is 8.09. The largest absolute Gasteiger partial charge is 0.396 e. The molecule has 4 aliphatic carbocycles. The predicted octanol–water partition coefficient (Wildman–Crippen LogP) is 3.11. The third-order valence-corrected chi connectivity index (χ3v) is 9.25. The molecule has 1 unspecified atom stereocenters. The van der Waals surface area contributed by atoms with Crippen LogP contribution in [0, 0.1) is 33.5 Å². The van der Waals surface area contributed by atoms with E-state index in [9.17, 15) is 15.3 Å². The summed E-state index contributed by atoms with van der Waals surface area (Å²) in [6.45, 7) is 7.08. The van der Waals surface area contributed by atoms with E-state index < -0.39 is 0 Å². The highest BCUT2D eigenvalue weighted by atomic mass is 16.3. The van der Waals surface area contributed by atoms with Gasteiger partial charge in [-0.15, -0.1) is 0 Å². The molecule has 4 fully saturated rings. The number of aliphatic hydroxyl groups is 3. The fraction of sp³-hybridized carbons (Fsp3) is 1.00. The van der Waals surface area contributed by atoms with E-state index in [-0.39, 0.29) is 46.4 Å². The van der Waals surface area contributed by atoms with Gasteiger partial charge >= 0.3 is 0 Å². The first kappa shape index (κ1) is 16.4. The molecule has 4 saturated carbocycles. The van der Waals surface area contributed by atoms with Crippen molar-refractivity contribution in [3.8, 4) is 0 Å². The van der Waals surface area contributed by atoms with Crippen LogP contribution in [0.4, 0.5) is 0 Å². The SMILES string of the molecule is C[C@@]12CC[C@]3(C1)C(C[C@@H](O)[C@H]1[C@](C)(CO)CCC[C@@]13C)C[C@@H]2O. The summed E-state index contributed by atoms with van der Waals surface area (Å²) in [5.41, 5.74) is 0.283. The van der Waals surface area contributed by atoms with Crippen LogP contribution in [-0.2, 0) is 0 Å². The maximum Gasteiger partial charge on any atom is 0.0596 e. The molecule has 4 rings (SSSR count). The lowest BCUT2D eigenvalue weighted by atomic mass is 9.37. The standard InChI is InChI=1S/C20H34O3/c1-17-7-8-20(11-17)13(10-15(17)23)9-14(22)16-18(2,12-21)5-4-6-19(16,20)3/h13-16,21-23H,4-12H2,1-3H3/t13?,14-,15+,16+,17-,18+,19+,20+/m1/s1. The molecular formula is C20H34O3. The number of hydrogen-bond acceptors (Lipinski definition) is 3. The quantitative estimate of drug-likeness (QED) is 0.695. The number of hydrogen-bond donors (Lipinski definition) is 3. The summed E-state index contributed by atoms with van der Waals surface area (Å²) in [7, 11) is 0. The molecular weight excluding hydrogens is 288 g/mol. The first-order valence-electron chi connectivity index (χ1n) is 9.68. The van der Waals surface area contributed by atoms with E-state index in [2.05, 4.69) is 20.8 Å². The summed E-state index contributed by atoms with van der Waals surface area (Å²) >= 11 is 0. The average molecular weight is 322 g/mol. The van der Waals surface area contributed by atoms with E-state index in [0.717, 1.165) is 38.5 Å². The Balaban J connectivity index is 1.82. The number of rotatable bonds is 1. The summed E-state index contributed by atoms with van der Waals surface area (Å²) in [5.74, 6) is 0.646. The zero-order valence-corrected chi connectivity index (χ0v) is 15.0. The van der Waals surface area contributed by atoms with Crippen molar-refractivity contribution in [3.05, 3.63) is 0 Å². The lowest BCUT2D eigenvalue weighted by molar-refractivity contribution is -0.235. The summed E-state index contributed by atoms with van der Waals surface area (Å²) in [6, 6.07) is 0. The molecule has 0 aromatic heterocycles. The van der Waals surface area contributed by atoms with Gasteiger partial charge in [-0.1, -0.05) is 27.2 Å². The topological polar surface area (TPSA) is 60.7 Å². The molecule has 0 heterocycles. The molecule has 0 aliphatic heterocycles. The van der Waals surface area contributed by atoms with Crippen molar-refractivity contribution in [3.63, 3.8) is 0 Å². The summed E-state index contributed by atoms with van der Waals surface area (Å²) in [5, 5.41) is 31.9. The highest BCUT2D eigenvalue weighted by molar-refractivity contribution is 5.20. The van der Waals surface area contributed by atoms with E-state index in [0.29, 0.717) is 5.92 Å². The molecule has 132 valence electrons. The van der Waals surface area contributed by atoms with Crippen molar-refractivity contribution < 1.29 is 15.3 Å². The van der Waals surface area contributed by atoms with Crippen LogP contribution in [0.5, 0.6) is 0 Å². The Morgan fingerprint density at radius 1 is 0.957 bits per heavy atom. The molecule has 3 N–H and O–H groups in total. The van der Waals surface area contributed by atoms with Crippen LogP contribution in [-0.4, -0.2) is 34.1 Å². The second kappa shape index (κ2) is 4.74. The smallest absolute Gasteiger partial charge is 0.0596 e. The Bertz CT molecular complexity index is 507. The number of fused-ring (bicyclic) bond motifs is 2. The molecule has 2 bridgehead atoms. The normalized spacial score (nSPS) is 61.8. The van der Waals surface area contributed by atoms with Crippen LogP contribution >= 0.6 is 0 Å². The van der Waals surface area contributed by atoms with E-state index in [1.807, 2.05) is 0 Å². The molecule has 0 radical (unpaired) electrons. The maximum atomic E-state index is 11.1. The molecule has 3 nitrogen and oxygen atoms in total. The van der Waals surface area contributed by atoms with Crippen molar-refractivity contribution >= 4 is 0 Å². The van der Waals surface area contributed by atoms with Crippen LogP contribution in [0.15, 0.2) is 0 Å². The second-order valence-corrected chi connectivity index (χ2v) is 10.3. The Morgan fingerprint density at radius 2 is 1.70 bits per heavy atom. The minimum Gasteiger partial charge on any atom is -0.396 e. The molecule has 0 aromatic rings. The van der Waals surface area contributed by atoms with Crippen molar-refractivity contribution in [1.82, 2.24) is 0 Å². The maximum absolute atomic E-state index is 11.1. The minimum absolute atomic E-state index is 0.0689. The Hall–Kier alpha value is -0.120. The highest BCUT2D eigenvalue weighted by Gasteiger charge is 2.71. The molecule has 0 saturated heterocycles. The van der Waals surface area contributed by atoms with Crippen molar-refractivity contribution in [1.29, 1.82) is 0 Å². The zero-order valence-electron chi connectivity index (χ0n) is 15.0. The van der Waals surface area contributed by atoms with E-state index in [1.165, 1.54) is 12.8 Å². The van der Waals surface area contributed by atoms with Gasteiger partial charge in [0.1, 0.15) is 0 Å². The third-order valence-electron chi connectivity index (χ3n) is 9.25. The van der Waals surface area contributed by atoms with Crippen molar-refractivity contribution in [2.45, 2.75) is 84.3 Å². The monoisotopic (exact) mass is 322 g/mol. The second-order valence-electron chi connectivity index (χ2n) is 10.3. The fourth-order valence-electron chi connectivity index (χ4n) is 8.09. The summed E-state index contributed by atoms with van der Waals surface area (Å²) in [6.07, 6.45) is 7.96. The highest BCUT2D eigenvalue weighted by Crippen LogP contribution is 2.76. The first-order valence-corrected chi connectivity index (χ1v) is 9.68. The average Bonchev–Trinajstić information content (AvgIpc) is 2.81. The van der Waals surface area contributed by atoms with Crippen LogP contribution in [0.2, 0.25) is 0 Å². The third kappa shape index (κ3) is 1.82. The van der Waals surface area contributed by atoms with Gasteiger partial charge in [-0.2, -0.15) is 0 Å². The van der Waals surface area contributed by atoms with Gasteiger partial charge in [-0.3, -0.25) is 0 Å². The van der Waals surface area contributed by atoms with Crippen LogP contribution in [0.25, 0.3) is 0 Å². The molecule has 23 heavy (non-hydrogen) atoms. The lowest BCUT2D eigenvalue weighted by Crippen LogP contribution is -2.65. The van der Waals surface area contributed by atoms with Crippen LogP contribution in [0.3, 0.4) is 0 Å².